The number of nitrogens with one attached hydrogen (secondary N) is 1. The summed E-state index contributed by atoms with van der Waals surface area (Å²) in [7, 11) is -3.77. The largest absolute Gasteiger partial charge is 0.386 e. The van der Waals surface area contributed by atoms with Crippen LogP contribution in [0.5, 0.6) is 0 Å². The molecule has 9 nitrogen and oxygen atoms in total. The molecule has 1 amide bonds. The first-order valence-electron chi connectivity index (χ1n) is 9.13. The second-order valence-electron chi connectivity index (χ2n) is 7.59. The van der Waals surface area contributed by atoms with Gasteiger partial charge in [-0.2, -0.15) is 5.26 Å². The average Bonchev–Trinajstić information content (AvgIpc) is 2.67. The first kappa shape index (κ1) is 23.9. The Kier molecular flexibility index (Phi) is 6.46. The van der Waals surface area contributed by atoms with Crippen LogP contribution < -0.4 is 11.1 Å². The third-order valence-electron chi connectivity index (χ3n) is 4.84. The fourth-order valence-corrected chi connectivity index (χ4v) is 4.44. The van der Waals surface area contributed by atoms with E-state index in [9.17, 15) is 17.6 Å². The van der Waals surface area contributed by atoms with Crippen LogP contribution in [0.3, 0.4) is 0 Å². The lowest BCUT2D eigenvalue weighted by atomic mass is 9.98. The van der Waals surface area contributed by atoms with Crippen LogP contribution in [0.15, 0.2) is 46.0 Å². The molecule has 0 aliphatic carbocycles. The Morgan fingerprint density at radius 1 is 1.42 bits per heavy atom. The number of hydrogen-bond donors (Lipinski definition) is 2. The van der Waals surface area contributed by atoms with Crippen LogP contribution in [-0.2, 0) is 20.2 Å². The number of halogens is 1. The second kappa shape index (κ2) is 8.39. The highest BCUT2D eigenvalue weighted by molar-refractivity contribution is 7.93. The summed E-state index contributed by atoms with van der Waals surface area (Å²) >= 11 is 0. The maximum absolute atomic E-state index is 14.6. The first-order valence-corrected chi connectivity index (χ1v) is 10.8. The number of pyridine rings is 1. The highest BCUT2D eigenvalue weighted by Gasteiger charge is 2.50. The smallest absolute Gasteiger partial charge is 0.275 e. The predicted octanol–water partition coefficient (Wildman–Crippen LogP) is 1.99. The fourth-order valence-electron chi connectivity index (χ4n) is 2.77. The van der Waals surface area contributed by atoms with Gasteiger partial charge < -0.3 is 11.1 Å². The van der Waals surface area contributed by atoms with Crippen LogP contribution in [0, 0.1) is 17.1 Å². The van der Waals surface area contributed by atoms with Gasteiger partial charge in [0, 0.05) is 6.21 Å². The van der Waals surface area contributed by atoms with Crippen molar-refractivity contribution in [3.8, 4) is 6.07 Å². The first-order chi connectivity index (χ1) is 14.3. The van der Waals surface area contributed by atoms with Gasteiger partial charge in [0.2, 0.25) is 0 Å². The molecule has 164 valence electrons. The van der Waals surface area contributed by atoms with Gasteiger partial charge in [0.15, 0.2) is 9.84 Å². The van der Waals surface area contributed by atoms with Gasteiger partial charge in [-0.1, -0.05) is 12.7 Å². The molecule has 0 aromatic carbocycles. The Bertz CT molecular complexity index is 1180. The summed E-state index contributed by atoms with van der Waals surface area (Å²) in [5.41, 5.74) is 4.08. The maximum Gasteiger partial charge on any atom is 0.275 e. The number of amidine groups is 1. The highest BCUT2D eigenvalue weighted by atomic mass is 32.2. The van der Waals surface area contributed by atoms with Gasteiger partial charge in [-0.15, -0.1) is 0 Å². The summed E-state index contributed by atoms with van der Waals surface area (Å²) in [6, 6.07) is 4.05. The SMILES string of the molecule is C=C(C#N)C=N/C(=C\C)C(=O)Nc1ccc(F)c([C@]2(C)CS(=O)(=O)C(C)(C)C(N)=N2)n1. The topological polar surface area (TPSA) is 151 Å². The number of hydrogen-bond acceptors (Lipinski definition) is 8. The van der Waals surface area contributed by atoms with Crippen molar-refractivity contribution in [3.05, 3.63) is 47.6 Å². The monoisotopic (exact) mass is 446 g/mol. The normalized spacial score (nSPS) is 22.5. The summed E-state index contributed by atoms with van der Waals surface area (Å²) in [4.78, 5) is 24.7. The minimum atomic E-state index is -3.77. The molecule has 0 unspecified atom stereocenters. The number of anilines is 1. The zero-order chi connectivity index (χ0) is 23.6. The number of amides is 1. The van der Waals surface area contributed by atoms with Crippen molar-refractivity contribution in [2.24, 2.45) is 15.7 Å². The zero-order valence-corrected chi connectivity index (χ0v) is 18.4. The molecule has 3 N–H and O–H groups in total. The molecule has 1 aromatic rings. The number of carbonyl (C=O) groups excluding carboxylic acids is 1. The second-order valence-corrected chi connectivity index (χ2v) is 10.1. The predicted molar refractivity (Wildman–Crippen MR) is 117 cm³/mol. The highest BCUT2D eigenvalue weighted by Crippen LogP contribution is 2.37. The molecule has 0 bridgehead atoms. The van der Waals surface area contributed by atoms with Crippen LogP contribution in [0.4, 0.5) is 10.2 Å². The van der Waals surface area contributed by atoms with Crippen molar-refractivity contribution in [2.45, 2.75) is 38.0 Å². The Labute approximate surface area is 180 Å². The Hall–Kier alpha value is -3.39. The van der Waals surface area contributed by atoms with Crippen LogP contribution in [0.1, 0.15) is 33.4 Å². The van der Waals surface area contributed by atoms with E-state index < -0.39 is 37.6 Å². The Morgan fingerprint density at radius 3 is 2.61 bits per heavy atom. The van der Waals surface area contributed by atoms with E-state index in [4.69, 9.17) is 11.0 Å². The number of nitrogens with two attached hydrogens (primary N) is 1. The molecule has 1 aliphatic rings. The molecule has 0 saturated carbocycles. The molecule has 0 radical (unpaired) electrons. The van der Waals surface area contributed by atoms with Crippen LogP contribution in [0.25, 0.3) is 0 Å². The number of allylic oxidation sites excluding steroid dienone is 2. The van der Waals surface area contributed by atoms with Crippen molar-refractivity contribution in [1.29, 1.82) is 5.26 Å². The molecule has 0 saturated heterocycles. The van der Waals surface area contributed by atoms with Crippen molar-refractivity contribution in [1.82, 2.24) is 4.98 Å². The number of sulfone groups is 1. The fraction of sp³-hybridized carbons (Fsp3) is 0.350. The molecule has 1 aliphatic heterocycles. The molecular formula is C20H23FN6O3S. The van der Waals surface area contributed by atoms with Crippen LogP contribution >= 0.6 is 0 Å². The number of carbonyl (C=O) groups is 1. The molecular weight excluding hydrogens is 423 g/mol. The van der Waals surface area contributed by atoms with E-state index in [1.807, 2.05) is 0 Å². The molecule has 1 aromatic heterocycles. The number of nitrogens with zero attached hydrogens (tertiary/aromatic N) is 4. The van der Waals surface area contributed by atoms with Gasteiger partial charge in [0.25, 0.3) is 5.91 Å². The molecule has 2 rings (SSSR count). The molecule has 31 heavy (non-hydrogen) atoms. The quantitative estimate of drug-likeness (QED) is 0.401. The average molecular weight is 447 g/mol. The molecule has 0 spiro atoms. The van der Waals surface area contributed by atoms with Crippen LogP contribution in [-0.4, -0.2) is 41.9 Å². The van der Waals surface area contributed by atoms with Gasteiger partial charge in [-0.25, -0.2) is 17.8 Å². The minimum Gasteiger partial charge on any atom is -0.386 e. The van der Waals surface area contributed by atoms with Crippen molar-refractivity contribution < 1.29 is 17.6 Å². The summed E-state index contributed by atoms with van der Waals surface area (Å²) in [6.07, 6.45) is 2.54. The maximum atomic E-state index is 14.6. The van der Waals surface area contributed by atoms with Gasteiger partial charge in [0.1, 0.15) is 45.2 Å². The Morgan fingerprint density at radius 2 is 2.06 bits per heavy atom. The third kappa shape index (κ3) is 4.69. The van der Waals surface area contributed by atoms with Crippen molar-refractivity contribution in [2.75, 3.05) is 11.1 Å². The lowest BCUT2D eigenvalue weighted by Gasteiger charge is -2.37. The third-order valence-corrected chi connectivity index (χ3v) is 7.55. The number of aliphatic imine (C=N–C) groups is 2. The number of aromatic nitrogens is 1. The van der Waals surface area contributed by atoms with Crippen molar-refractivity contribution in [3.63, 3.8) is 0 Å². The van der Waals surface area contributed by atoms with E-state index in [1.54, 1.807) is 13.0 Å². The molecule has 0 fully saturated rings. The van der Waals surface area contributed by atoms with E-state index in [0.29, 0.717) is 0 Å². The Balaban J connectivity index is 2.42. The lowest BCUT2D eigenvalue weighted by molar-refractivity contribution is -0.112. The van der Waals surface area contributed by atoms with Gasteiger partial charge in [-0.3, -0.25) is 14.8 Å². The van der Waals surface area contributed by atoms with Gasteiger partial charge >= 0.3 is 0 Å². The van der Waals surface area contributed by atoms with E-state index in [-0.39, 0.29) is 28.6 Å². The standard InChI is InChI=1S/C20H23FN6O3S/c1-6-14(24-10-12(2)9-22)17(28)26-15-8-7-13(21)16(25-15)20(5)11-31(29,30)19(3,4)18(23)27-20/h6-8,10H,2,11H2,1,3-5H3,(H2,23,27)(H,25,26,28)/b14-6-,24-10?/t20-/m0/s1. The number of rotatable bonds is 5. The van der Waals surface area contributed by atoms with E-state index >= 15 is 0 Å². The van der Waals surface area contributed by atoms with Gasteiger partial charge in [0.05, 0.1) is 11.3 Å². The summed E-state index contributed by atoms with van der Waals surface area (Å²) in [6.45, 7) is 9.28. The van der Waals surface area contributed by atoms with E-state index in [0.717, 1.165) is 12.3 Å². The summed E-state index contributed by atoms with van der Waals surface area (Å²) < 4.78 is 38.7. The zero-order valence-electron chi connectivity index (χ0n) is 17.6. The van der Waals surface area contributed by atoms with Crippen LogP contribution in [0.2, 0.25) is 0 Å². The molecule has 1 atom stereocenters. The van der Waals surface area contributed by atoms with Gasteiger partial charge in [-0.05, 0) is 39.8 Å². The number of nitriles is 1. The minimum absolute atomic E-state index is 0.0282. The van der Waals surface area contributed by atoms with Crippen molar-refractivity contribution >= 4 is 33.6 Å². The van der Waals surface area contributed by atoms with E-state index in [1.165, 1.54) is 32.9 Å². The molecule has 11 heteroatoms. The molecule has 2 heterocycles. The summed E-state index contributed by atoms with van der Waals surface area (Å²) in [5, 5.41) is 11.2. The lowest BCUT2D eigenvalue weighted by Crippen LogP contribution is -2.55. The summed E-state index contributed by atoms with van der Waals surface area (Å²) in [5.74, 6) is -2.15. The van der Waals surface area contributed by atoms with E-state index in [2.05, 4.69) is 26.9 Å².